The molecule has 2 rings (SSSR count). The van der Waals surface area contributed by atoms with E-state index in [1.807, 2.05) is 36.4 Å². The maximum atomic E-state index is 11.8. The molecule has 0 aliphatic rings. The highest BCUT2D eigenvalue weighted by atomic mass is 16.1. The van der Waals surface area contributed by atoms with Gasteiger partial charge < -0.3 is 5.32 Å². The van der Waals surface area contributed by atoms with Gasteiger partial charge in [0.25, 0.3) is 0 Å². The molecular formula is C13H11NO2. The molecule has 0 spiro atoms. The first-order chi connectivity index (χ1) is 7.83. The Morgan fingerprint density at radius 2 is 1.88 bits per heavy atom. The first-order valence-electron chi connectivity index (χ1n) is 5.01. The normalized spacial score (nSPS) is 10.0. The number of hydrogen-bond acceptors (Lipinski definition) is 2. The zero-order valence-corrected chi connectivity index (χ0v) is 8.64. The lowest BCUT2D eigenvalue weighted by atomic mass is 10.0. The summed E-state index contributed by atoms with van der Waals surface area (Å²) in [6, 6.07) is 13.3. The van der Waals surface area contributed by atoms with Crippen LogP contribution in [0.15, 0.2) is 42.5 Å². The van der Waals surface area contributed by atoms with Gasteiger partial charge in [-0.15, -0.1) is 0 Å². The van der Waals surface area contributed by atoms with E-state index in [2.05, 4.69) is 5.32 Å². The van der Waals surface area contributed by atoms with Crippen LogP contribution in [0.5, 0.6) is 0 Å². The molecule has 0 bridgehead atoms. The van der Waals surface area contributed by atoms with Crippen LogP contribution < -0.4 is 5.32 Å². The number of carbonyl (C=O) groups excluding carboxylic acids is 2. The highest BCUT2D eigenvalue weighted by molar-refractivity contribution is 6.09. The van der Waals surface area contributed by atoms with Crippen molar-refractivity contribution in [1.29, 1.82) is 0 Å². The fraction of sp³-hybridized carbons (Fsp3) is 0.0769. The van der Waals surface area contributed by atoms with Crippen LogP contribution in [0.25, 0.3) is 10.8 Å². The molecule has 0 aliphatic carbocycles. The van der Waals surface area contributed by atoms with Gasteiger partial charge >= 0.3 is 0 Å². The topological polar surface area (TPSA) is 46.2 Å². The molecule has 1 N–H and O–H groups in total. The third-order valence-corrected chi connectivity index (χ3v) is 2.44. The van der Waals surface area contributed by atoms with Crippen LogP contribution in [0.2, 0.25) is 0 Å². The number of carbonyl (C=O) groups is 2. The first-order valence-corrected chi connectivity index (χ1v) is 5.01. The standard InChI is InChI=1S/C13H11NO2/c15-9-14-8-13(16)12-7-3-5-10-4-1-2-6-11(10)12/h1-7,9H,8H2,(H,14,15). The van der Waals surface area contributed by atoms with Gasteiger partial charge in [-0.3, -0.25) is 9.59 Å². The molecule has 2 aromatic carbocycles. The summed E-state index contributed by atoms with van der Waals surface area (Å²) in [5, 5.41) is 4.33. The van der Waals surface area contributed by atoms with Crippen molar-refractivity contribution in [2.45, 2.75) is 0 Å². The Labute approximate surface area is 93.1 Å². The summed E-state index contributed by atoms with van der Waals surface area (Å²) >= 11 is 0. The smallest absolute Gasteiger partial charge is 0.207 e. The van der Waals surface area contributed by atoms with Crippen LogP contribution in [0, 0.1) is 0 Å². The van der Waals surface area contributed by atoms with Crippen LogP contribution in [0.1, 0.15) is 10.4 Å². The Morgan fingerprint density at radius 3 is 2.69 bits per heavy atom. The van der Waals surface area contributed by atoms with E-state index >= 15 is 0 Å². The van der Waals surface area contributed by atoms with Crippen LogP contribution in [-0.2, 0) is 4.79 Å². The predicted molar refractivity (Wildman–Crippen MR) is 62.3 cm³/mol. The van der Waals surface area contributed by atoms with E-state index in [0.717, 1.165) is 10.8 Å². The number of hydrogen-bond donors (Lipinski definition) is 1. The minimum absolute atomic E-state index is 0.0392. The lowest BCUT2D eigenvalue weighted by Crippen LogP contribution is -2.21. The molecule has 80 valence electrons. The molecule has 3 heteroatoms. The van der Waals surface area contributed by atoms with Crippen molar-refractivity contribution in [3.8, 4) is 0 Å². The van der Waals surface area contributed by atoms with Crippen LogP contribution in [0.4, 0.5) is 0 Å². The summed E-state index contributed by atoms with van der Waals surface area (Å²) in [6.07, 6.45) is 0.531. The monoisotopic (exact) mass is 213 g/mol. The molecule has 3 nitrogen and oxygen atoms in total. The highest BCUT2D eigenvalue weighted by Gasteiger charge is 2.08. The van der Waals surface area contributed by atoms with E-state index in [0.29, 0.717) is 12.0 Å². The van der Waals surface area contributed by atoms with Crippen molar-refractivity contribution in [3.63, 3.8) is 0 Å². The van der Waals surface area contributed by atoms with Gasteiger partial charge in [-0.25, -0.2) is 0 Å². The third-order valence-electron chi connectivity index (χ3n) is 2.44. The van der Waals surface area contributed by atoms with Gasteiger partial charge in [-0.1, -0.05) is 42.5 Å². The first kappa shape index (κ1) is 10.4. The number of rotatable bonds is 4. The van der Waals surface area contributed by atoms with E-state index < -0.39 is 0 Å². The van der Waals surface area contributed by atoms with Crippen LogP contribution >= 0.6 is 0 Å². The Morgan fingerprint density at radius 1 is 1.12 bits per heavy atom. The fourth-order valence-corrected chi connectivity index (χ4v) is 1.70. The molecule has 0 unspecified atom stereocenters. The summed E-state index contributed by atoms with van der Waals surface area (Å²) in [5.74, 6) is -0.0797. The Bertz CT molecular complexity index is 529. The second-order valence-electron chi connectivity index (χ2n) is 3.45. The maximum Gasteiger partial charge on any atom is 0.207 e. The van der Waals surface area contributed by atoms with Crippen LogP contribution in [0.3, 0.4) is 0 Å². The second kappa shape index (κ2) is 4.57. The summed E-state index contributed by atoms with van der Waals surface area (Å²) in [7, 11) is 0. The molecular weight excluding hydrogens is 202 g/mol. The quantitative estimate of drug-likeness (QED) is 0.621. The molecule has 0 atom stereocenters. The molecule has 0 radical (unpaired) electrons. The van der Waals surface area contributed by atoms with Crippen molar-refractivity contribution in [3.05, 3.63) is 48.0 Å². The van der Waals surface area contributed by atoms with Gasteiger partial charge in [0.2, 0.25) is 6.41 Å². The largest absolute Gasteiger partial charge is 0.351 e. The molecule has 0 fully saturated rings. The van der Waals surface area contributed by atoms with Crippen molar-refractivity contribution in [2.75, 3.05) is 6.54 Å². The number of Topliss-reactive ketones (excluding diaryl/α,β-unsaturated/α-hetero) is 1. The van der Waals surface area contributed by atoms with Gasteiger partial charge in [0.15, 0.2) is 5.78 Å². The summed E-state index contributed by atoms with van der Waals surface area (Å²) in [5.41, 5.74) is 0.646. The third kappa shape index (κ3) is 1.93. The van der Waals surface area contributed by atoms with E-state index in [9.17, 15) is 9.59 Å². The van der Waals surface area contributed by atoms with E-state index in [4.69, 9.17) is 0 Å². The van der Waals surface area contributed by atoms with Crippen molar-refractivity contribution in [1.82, 2.24) is 5.32 Å². The summed E-state index contributed by atoms with van der Waals surface area (Å²) < 4.78 is 0. The minimum Gasteiger partial charge on any atom is -0.351 e. The average molecular weight is 213 g/mol. The Hall–Kier alpha value is -2.16. The van der Waals surface area contributed by atoms with E-state index in [1.165, 1.54) is 0 Å². The highest BCUT2D eigenvalue weighted by Crippen LogP contribution is 2.18. The van der Waals surface area contributed by atoms with Crippen molar-refractivity contribution >= 4 is 23.0 Å². The lowest BCUT2D eigenvalue weighted by Gasteiger charge is -2.04. The van der Waals surface area contributed by atoms with Gasteiger partial charge in [0.05, 0.1) is 6.54 Å². The molecule has 16 heavy (non-hydrogen) atoms. The molecule has 0 heterocycles. The van der Waals surface area contributed by atoms with Crippen molar-refractivity contribution < 1.29 is 9.59 Å². The van der Waals surface area contributed by atoms with Crippen molar-refractivity contribution in [2.24, 2.45) is 0 Å². The Balaban J connectivity index is 2.44. The molecule has 0 saturated carbocycles. The predicted octanol–water partition coefficient (Wildman–Crippen LogP) is 1.77. The second-order valence-corrected chi connectivity index (χ2v) is 3.45. The zero-order chi connectivity index (χ0) is 11.4. The van der Waals surface area contributed by atoms with E-state index in [1.54, 1.807) is 6.07 Å². The number of nitrogens with one attached hydrogen (secondary N) is 1. The Kier molecular flexibility index (Phi) is 2.96. The average Bonchev–Trinajstić information content (AvgIpc) is 2.35. The van der Waals surface area contributed by atoms with Gasteiger partial charge in [-0.2, -0.15) is 0 Å². The molecule has 0 saturated heterocycles. The minimum atomic E-state index is -0.0797. The van der Waals surface area contributed by atoms with Gasteiger partial charge in [0.1, 0.15) is 0 Å². The fourth-order valence-electron chi connectivity index (χ4n) is 1.70. The summed E-state index contributed by atoms with van der Waals surface area (Å²) in [4.78, 5) is 21.9. The molecule has 2 aromatic rings. The molecule has 0 aliphatic heterocycles. The number of fused-ring (bicyclic) bond motifs is 1. The lowest BCUT2D eigenvalue weighted by molar-refractivity contribution is -0.109. The number of amides is 1. The number of benzene rings is 2. The maximum absolute atomic E-state index is 11.8. The van der Waals surface area contributed by atoms with E-state index in [-0.39, 0.29) is 12.3 Å². The van der Waals surface area contributed by atoms with Gasteiger partial charge in [0, 0.05) is 5.56 Å². The van der Waals surface area contributed by atoms with Crippen LogP contribution in [-0.4, -0.2) is 18.7 Å². The molecule has 0 aromatic heterocycles. The molecule has 1 amide bonds. The van der Waals surface area contributed by atoms with Gasteiger partial charge in [-0.05, 0) is 10.8 Å². The summed E-state index contributed by atoms with van der Waals surface area (Å²) in [6.45, 7) is 0.0392. The number of ketones is 1. The SMILES string of the molecule is O=CNCC(=O)c1cccc2ccccc12. The zero-order valence-electron chi connectivity index (χ0n) is 8.64.